The van der Waals surface area contributed by atoms with E-state index in [2.05, 4.69) is 10.2 Å². The number of carbonyl (C=O) groups is 2. The zero-order valence-electron chi connectivity index (χ0n) is 18.2. The van der Waals surface area contributed by atoms with Gasteiger partial charge in [-0.15, -0.1) is 0 Å². The zero-order valence-corrected chi connectivity index (χ0v) is 19.0. The minimum Gasteiger partial charge on any atom is -0.370 e. The van der Waals surface area contributed by atoms with Crippen molar-refractivity contribution in [3.8, 4) is 0 Å². The molecular weight excluding hydrogens is 414 g/mol. The molecule has 0 aromatic heterocycles. The largest absolute Gasteiger partial charge is 0.370 e. The fraction of sp³-hybridized carbons (Fsp3) is 0.391. The highest BCUT2D eigenvalue weighted by atomic mass is 32.2. The van der Waals surface area contributed by atoms with Crippen LogP contribution in [0.15, 0.2) is 47.4 Å². The molecule has 1 aliphatic rings. The molecular formula is C23H29N3O4S. The molecule has 1 heterocycles. The van der Waals surface area contributed by atoms with Gasteiger partial charge in [0.2, 0.25) is 10.0 Å². The van der Waals surface area contributed by atoms with E-state index in [0.717, 1.165) is 37.2 Å². The van der Waals surface area contributed by atoms with E-state index in [1.54, 1.807) is 50.2 Å². The third-order valence-corrected chi connectivity index (χ3v) is 7.57. The van der Waals surface area contributed by atoms with Crippen molar-refractivity contribution in [1.29, 1.82) is 0 Å². The van der Waals surface area contributed by atoms with Crippen molar-refractivity contribution >= 4 is 33.1 Å². The molecule has 3 rings (SSSR count). The Bertz CT molecular complexity index is 1050. The molecule has 0 spiro atoms. The van der Waals surface area contributed by atoms with Gasteiger partial charge in [-0.1, -0.05) is 43.7 Å². The van der Waals surface area contributed by atoms with Crippen LogP contribution in [0.1, 0.15) is 42.6 Å². The first-order valence-corrected chi connectivity index (χ1v) is 12.0. The Hall–Kier alpha value is -2.71. The summed E-state index contributed by atoms with van der Waals surface area (Å²) in [5, 5.41) is 2.67. The quantitative estimate of drug-likeness (QED) is 0.499. The topological polar surface area (TPSA) is 86.8 Å². The number of anilines is 2. The minimum atomic E-state index is -3.70. The Morgan fingerprint density at radius 1 is 1.00 bits per heavy atom. The van der Waals surface area contributed by atoms with Gasteiger partial charge in [-0.05, 0) is 38.0 Å². The molecule has 1 N–H and O–H groups in total. The number of nitrogens with zero attached hydrogens (tertiary/aromatic N) is 2. The van der Waals surface area contributed by atoms with Crippen LogP contribution >= 0.6 is 0 Å². The van der Waals surface area contributed by atoms with Crippen molar-refractivity contribution in [2.24, 2.45) is 0 Å². The fourth-order valence-electron chi connectivity index (χ4n) is 3.74. The summed E-state index contributed by atoms with van der Waals surface area (Å²) in [4.78, 5) is 27.5. The van der Waals surface area contributed by atoms with E-state index in [4.69, 9.17) is 0 Å². The first-order chi connectivity index (χ1) is 14.8. The molecule has 7 nitrogen and oxygen atoms in total. The Kier molecular flexibility index (Phi) is 7.12. The second-order valence-electron chi connectivity index (χ2n) is 7.61. The lowest BCUT2D eigenvalue weighted by atomic mass is 10.1. The van der Waals surface area contributed by atoms with Crippen molar-refractivity contribution in [3.63, 3.8) is 0 Å². The average Bonchev–Trinajstić information content (AvgIpc) is 3.29. The molecule has 8 heteroatoms. The normalized spacial score (nSPS) is 14.1. The number of aryl methyl sites for hydroxylation is 1. The summed E-state index contributed by atoms with van der Waals surface area (Å²) in [6.07, 6.45) is 2.05. The number of rotatable bonds is 8. The van der Waals surface area contributed by atoms with Crippen molar-refractivity contribution in [2.45, 2.75) is 38.5 Å². The summed E-state index contributed by atoms with van der Waals surface area (Å²) in [5.41, 5.74) is 2.34. The lowest BCUT2D eigenvalue weighted by Gasteiger charge is -2.24. The van der Waals surface area contributed by atoms with Gasteiger partial charge in [0.05, 0.1) is 16.3 Å². The molecule has 1 fully saturated rings. The molecule has 0 bridgehead atoms. The maximum Gasteiger partial charge on any atom is 0.296 e. The van der Waals surface area contributed by atoms with E-state index in [1.807, 2.05) is 6.92 Å². The summed E-state index contributed by atoms with van der Waals surface area (Å²) in [6, 6.07) is 11.5. The molecule has 0 saturated carbocycles. The van der Waals surface area contributed by atoms with E-state index in [-0.39, 0.29) is 10.5 Å². The molecule has 1 saturated heterocycles. The molecule has 2 aromatic rings. The van der Waals surface area contributed by atoms with Crippen molar-refractivity contribution < 1.29 is 18.0 Å². The van der Waals surface area contributed by atoms with Gasteiger partial charge in [-0.3, -0.25) is 9.59 Å². The molecule has 0 radical (unpaired) electrons. The van der Waals surface area contributed by atoms with Crippen LogP contribution in [-0.2, 0) is 14.8 Å². The molecule has 2 aromatic carbocycles. The van der Waals surface area contributed by atoms with Gasteiger partial charge in [-0.2, -0.15) is 4.31 Å². The van der Waals surface area contributed by atoms with Crippen LogP contribution in [0.5, 0.6) is 0 Å². The predicted octanol–water partition coefficient (Wildman–Crippen LogP) is 3.45. The van der Waals surface area contributed by atoms with E-state index in [0.29, 0.717) is 18.8 Å². The summed E-state index contributed by atoms with van der Waals surface area (Å²) in [5.74, 6) is -1.45. The lowest BCUT2D eigenvalue weighted by Crippen LogP contribution is -2.31. The third kappa shape index (κ3) is 4.97. The van der Waals surface area contributed by atoms with E-state index in [9.17, 15) is 18.0 Å². The molecule has 0 atom stereocenters. The first-order valence-electron chi connectivity index (χ1n) is 10.6. The Labute approximate surface area is 184 Å². The molecule has 166 valence electrons. The van der Waals surface area contributed by atoms with Gasteiger partial charge in [0.15, 0.2) is 0 Å². The van der Waals surface area contributed by atoms with Crippen molar-refractivity contribution in [2.75, 3.05) is 36.4 Å². The van der Waals surface area contributed by atoms with Crippen molar-refractivity contribution in [3.05, 3.63) is 53.6 Å². The highest BCUT2D eigenvalue weighted by Gasteiger charge is 2.26. The van der Waals surface area contributed by atoms with Gasteiger partial charge in [0.1, 0.15) is 0 Å². The van der Waals surface area contributed by atoms with Gasteiger partial charge < -0.3 is 10.2 Å². The first kappa shape index (κ1) is 23.0. The van der Waals surface area contributed by atoms with Crippen LogP contribution in [0, 0.1) is 6.92 Å². The summed E-state index contributed by atoms with van der Waals surface area (Å²) in [6.45, 7) is 7.79. The van der Waals surface area contributed by atoms with Crippen LogP contribution in [0.2, 0.25) is 0 Å². The number of benzene rings is 2. The highest BCUT2D eigenvalue weighted by Crippen LogP contribution is 2.32. The summed E-state index contributed by atoms with van der Waals surface area (Å²) < 4.78 is 27.3. The van der Waals surface area contributed by atoms with Gasteiger partial charge in [0, 0.05) is 31.7 Å². The van der Waals surface area contributed by atoms with Crippen LogP contribution < -0.4 is 10.2 Å². The van der Waals surface area contributed by atoms with Gasteiger partial charge >= 0.3 is 0 Å². The van der Waals surface area contributed by atoms with Crippen molar-refractivity contribution in [1.82, 2.24) is 4.31 Å². The molecule has 1 aliphatic heterocycles. The number of sulfonamides is 1. The fourth-order valence-corrected chi connectivity index (χ4v) is 5.22. The summed E-state index contributed by atoms with van der Waals surface area (Å²) in [7, 11) is -3.70. The zero-order chi connectivity index (χ0) is 22.6. The molecule has 0 unspecified atom stereocenters. The number of hydrogen-bond donors (Lipinski definition) is 1. The number of Topliss-reactive ketones (excluding diaryl/α,β-unsaturated/α-hetero) is 1. The SMILES string of the molecule is CCN(CC)S(=O)(=O)c1ccc(N2CCCC2)c(NC(=O)C(=O)c2ccc(C)cc2)c1. The number of nitrogens with one attached hydrogen (secondary N) is 1. The minimum absolute atomic E-state index is 0.0947. The van der Waals surface area contributed by atoms with Crippen LogP contribution in [-0.4, -0.2) is 50.6 Å². The standard InChI is InChI=1S/C23H29N3O4S/c1-4-26(5-2)31(29,30)19-12-13-21(25-14-6-7-15-25)20(16-19)24-23(28)22(27)18-10-8-17(3)9-11-18/h8-13,16H,4-7,14-15H2,1-3H3,(H,24,28). The van der Waals surface area contributed by atoms with E-state index < -0.39 is 21.7 Å². The van der Waals surface area contributed by atoms with Gasteiger partial charge in [-0.25, -0.2) is 8.42 Å². The lowest BCUT2D eigenvalue weighted by molar-refractivity contribution is -0.112. The van der Waals surface area contributed by atoms with E-state index in [1.165, 1.54) is 10.4 Å². The second-order valence-corrected chi connectivity index (χ2v) is 9.55. The Morgan fingerprint density at radius 2 is 1.61 bits per heavy atom. The third-order valence-electron chi connectivity index (χ3n) is 5.53. The van der Waals surface area contributed by atoms with E-state index >= 15 is 0 Å². The average molecular weight is 444 g/mol. The summed E-state index contributed by atoms with van der Waals surface area (Å²) >= 11 is 0. The second kappa shape index (κ2) is 9.62. The highest BCUT2D eigenvalue weighted by molar-refractivity contribution is 7.89. The monoisotopic (exact) mass is 443 g/mol. The van der Waals surface area contributed by atoms with Gasteiger partial charge in [0.25, 0.3) is 11.7 Å². The smallest absolute Gasteiger partial charge is 0.296 e. The number of ketones is 1. The maximum atomic E-state index is 13.0. The van der Waals surface area contributed by atoms with Crippen LogP contribution in [0.25, 0.3) is 0 Å². The Balaban J connectivity index is 1.96. The van der Waals surface area contributed by atoms with Crippen LogP contribution in [0.3, 0.4) is 0 Å². The van der Waals surface area contributed by atoms with Crippen LogP contribution in [0.4, 0.5) is 11.4 Å². The Morgan fingerprint density at radius 3 is 2.19 bits per heavy atom. The molecule has 31 heavy (non-hydrogen) atoms. The number of hydrogen-bond acceptors (Lipinski definition) is 5. The molecule has 1 amide bonds. The predicted molar refractivity (Wildman–Crippen MR) is 122 cm³/mol. The number of carbonyl (C=O) groups excluding carboxylic acids is 2. The molecule has 0 aliphatic carbocycles. The maximum absolute atomic E-state index is 13.0. The number of amides is 1.